The van der Waals surface area contributed by atoms with Gasteiger partial charge in [-0.15, -0.1) is 0 Å². The Hall–Kier alpha value is -3.65. The van der Waals surface area contributed by atoms with Crippen LogP contribution >= 0.6 is 23.2 Å². The van der Waals surface area contributed by atoms with Crippen molar-refractivity contribution in [2.45, 2.75) is 51.1 Å². The van der Waals surface area contributed by atoms with Gasteiger partial charge in [0.1, 0.15) is 61.4 Å². The van der Waals surface area contributed by atoms with Crippen molar-refractivity contribution in [1.82, 2.24) is 10.3 Å². The topological polar surface area (TPSA) is 163 Å². The molecule has 0 bridgehead atoms. The summed E-state index contributed by atoms with van der Waals surface area (Å²) in [6.07, 6.45) is -6.46. The lowest BCUT2D eigenvalue weighted by Crippen LogP contribution is -2.48. The molecule has 256 valence electrons. The van der Waals surface area contributed by atoms with Crippen molar-refractivity contribution in [3.63, 3.8) is 0 Å². The molecular weight excluding hydrogens is 663 g/mol. The van der Waals surface area contributed by atoms with Crippen LogP contribution in [0.15, 0.2) is 66.7 Å². The Bertz CT molecular complexity index is 1690. The fourth-order valence-electron chi connectivity index (χ4n) is 5.20. The molecule has 13 heteroatoms. The molecule has 4 unspecified atom stereocenters. The minimum atomic E-state index is -1.73. The number of aliphatic hydroxyl groups is 5. The van der Waals surface area contributed by atoms with Crippen molar-refractivity contribution < 1.29 is 44.5 Å². The third-order valence-electron chi connectivity index (χ3n) is 7.94. The largest absolute Gasteiger partial charge is 0.487 e. The smallest absolute Gasteiger partial charge is 0.161 e. The lowest BCUT2D eigenvalue weighted by Gasteiger charge is -2.26. The highest BCUT2D eigenvalue weighted by Crippen LogP contribution is 2.37. The van der Waals surface area contributed by atoms with Crippen molar-refractivity contribution in [3.05, 3.63) is 99.3 Å². The summed E-state index contributed by atoms with van der Waals surface area (Å²) in [6.45, 7) is 2.62. The zero-order chi connectivity index (χ0) is 34.2. The van der Waals surface area contributed by atoms with E-state index in [0.717, 1.165) is 28.0 Å². The first-order valence-electron chi connectivity index (χ1n) is 15.4. The van der Waals surface area contributed by atoms with Gasteiger partial charge in [-0.1, -0.05) is 53.5 Å². The molecule has 2 heterocycles. The lowest BCUT2D eigenvalue weighted by molar-refractivity contribution is -0.114. The standard InChI is InChI=1S/C35H38Cl2N2O9/c1-20-22(4-2-6-25(20)21-8-9-29-32(13-21)46-11-10-45-29)18-47-31-14-30(48-19-24-5-3-7-33(37)39-24)23(12-26(31)36)15-38-16-27(41)34(43)35(44)28(42)17-40/h2-9,12-14,27-28,34-35,38,40-44H,10-11,15-19H2,1H3. The van der Waals surface area contributed by atoms with Crippen LogP contribution in [0, 0.1) is 6.92 Å². The maximum atomic E-state index is 10.3. The average Bonchev–Trinajstić information content (AvgIpc) is 3.10. The number of hydrogen-bond acceptors (Lipinski definition) is 11. The van der Waals surface area contributed by atoms with E-state index in [1.54, 1.807) is 30.3 Å². The molecule has 3 aromatic carbocycles. The van der Waals surface area contributed by atoms with Gasteiger partial charge in [-0.3, -0.25) is 0 Å². The lowest BCUT2D eigenvalue weighted by atomic mass is 9.96. The van der Waals surface area contributed by atoms with Crippen molar-refractivity contribution in [2.75, 3.05) is 26.4 Å². The quantitative estimate of drug-likeness (QED) is 0.100. The summed E-state index contributed by atoms with van der Waals surface area (Å²) in [6, 6.07) is 20.4. The zero-order valence-corrected chi connectivity index (χ0v) is 27.7. The van der Waals surface area contributed by atoms with E-state index in [1.165, 1.54) is 0 Å². The molecule has 0 aliphatic carbocycles. The summed E-state index contributed by atoms with van der Waals surface area (Å²) >= 11 is 12.7. The number of halogens is 2. The molecular formula is C35H38Cl2N2O9. The van der Waals surface area contributed by atoms with Crippen molar-refractivity contribution >= 4 is 23.2 Å². The van der Waals surface area contributed by atoms with E-state index in [4.69, 9.17) is 47.3 Å². The summed E-state index contributed by atoms with van der Waals surface area (Å²) in [5.41, 5.74) is 5.23. The molecule has 48 heavy (non-hydrogen) atoms. The molecule has 0 saturated heterocycles. The van der Waals surface area contributed by atoms with Crippen LogP contribution in [0.1, 0.15) is 22.4 Å². The van der Waals surface area contributed by atoms with Gasteiger partial charge < -0.3 is 49.8 Å². The van der Waals surface area contributed by atoms with Crippen LogP contribution in [0.5, 0.6) is 23.0 Å². The van der Waals surface area contributed by atoms with Gasteiger partial charge in [-0.25, -0.2) is 4.98 Å². The number of nitrogens with zero attached hydrogens (tertiary/aromatic N) is 1. The number of rotatable bonds is 15. The van der Waals surface area contributed by atoms with Gasteiger partial charge in [-0.05, 0) is 59.5 Å². The Kier molecular flexibility index (Phi) is 12.4. The molecule has 0 amide bonds. The summed E-state index contributed by atoms with van der Waals surface area (Å²) in [5, 5.41) is 52.7. The highest BCUT2D eigenvalue weighted by Gasteiger charge is 2.29. The van der Waals surface area contributed by atoms with E-state index in [-0.39, 0.29) is 26.3 Å². The van der Waals surface area contributed by atoms with Crippen LogP contribution in [0.25, 0.3) is 11.1 Å². The van der Waals surface area contributed by atoms with Crippen LogP contribution < -0.4 is 24.3 Å². The second kappa shape index (κ2) is 16.6. The Morgan fingerprint density at radius 3 is 2.31 bits per heavy atom. The normalized spacial score (nSPS) is 15.0. The molecule has 11 nitrogen and oxygen atoms in total. The number of aromatic nitrogens is 1. The van der Waals surface area contributed by atoms with E-state index in [0.29, 0.717) is 51.9 Å². The zero-order valence-electron chi connectivity index (χ0n) is 26.2. The number of fused-ring (bicyclic) bond motifs is 1. The number of hydrogen-bond donors (Lipinski definition) is 6. The molecule has 0 saturated carbocycles. The van der Waals surface area contributed by atoms with E-state index in [9.17, 15) is 20.4 Å². The molecule has 4 aromatic rings. The predicted molar refractivity (Wildman–Crippen MR) is 180 cm³/mol. The van der Waals surface area contributed by atoms with E-state index in [1.807, 2.05) is 43.3 Å². The van der Waals surface area contributed by atoms with Gasteiger partial charge in [0.15, 0.2) is 11.5 Å². The summed E-state index contributed by atoms with van der Waals surface area (Å²) in [7, 11) is 0. The van der Waals surface area contributed by atoms with Gasteiger partial charge in [-0.2, -0.15) is 0 Å². The van der Waals surface area contributed by atoms with Gasteiger partial charge in [0.05, 0.1) is 23.4 Å². The highest BCUT2D eigenvalue weighted by molar-refractivity contribution is 6.32. The van der Waals surface area contributed by atoms with Gasteiger partial charge in [0.25, 0.3) is 0 Å². The minimum absolute atomic E-state index is 0.0951. The Morgan fingerprint density at radius 1 is 0.812 bits per heavy atom. The molecule has 4 atom stereocenters. The first kappa shape index (κ1) is 35.7. The van der Waals surface area contributed by atoms with Crippen LogP contribution in [-0.2, 0) is 19.8 Å². The first-order chi connectivity index (χ1) is 23.1. The molecule has 0 spiro atoms. The van der Waals surface area contributed by atoms with Crippen molar-refractivity contribution in [3.8, 4) is 34.1 Å². The molecule has 5 rings (SSSR count). The van der Waals surface area contributed by atoms with E-state index >= 15 is 0 Å². The Labute approximate surface area is 288 Å². The maximum Gasteiger partial charge on any atom is 0.161 e. The summed E-state index contributed by atoms with van der Waals surface area (Å²) in [4.78, 5) is 4.27. The number of benzene rings is 3. The van der Waals surface area contributed by atoms with Crippen LogP contribution in [0.4, 0.5) is 0 Å². The van der Waals surface area contributed by atoms with Crippen molar-refractivity contribution in [2.24, 2.45) is 0 Å². The Morgan fingerprint density at radius 2 is 1.54 bits per heavy atom. The van der Waals surface area contributed by atoms with Crippen molar-refractivity contribution in [1.29, 1.82) is 0 Å². The van der Waals surface area contributed by atoms with E-state index < -0.39 is 31.0 Å². The molecule has 0 fully saturated rings. The third-order valence-corrected chi connectivity index (χ3v) is 8.45. The fraction of sp³-hybridized carbons (Fsp3) is 0.343. The summed E-state index contributed by atoms with van der Waals surface area (Å²) in [5.74, 6) is 2.25. The van der Waals surface area contributed by atoms with Crippen LogP contribution in [-0.4, -0.2) is 81.3 Å². The summed E-state index contributed by atoms with van der Waals surface area (Å²) < 4.78 is 23.8. The predicted octanol–water partition coefficient (Wildman–Crippen LogP) is 3.82. The van der Waals surface area contributed by atoms with Crippen LogP contribution in [0.2, 0.25) is 10.2 Å². The Balaban J connectivity index is 1.32. The molecule has 6 N–H and O–H groups in total. The average molecular weight is 702 g/mol. The van der Waals surface area contributed by atoms with Gasteiger partial charge >= 0.3 is 0 Å². The van der Waals surface area contributed by atoms with Crippen LogP contribution in [0.3, 0.4) is 0 Å². The number of aliphatic hydroxyl groups excluding tert-OH is 5. The molecule has 1 aliphatic heterocycles. The minimum Gasteiger partial charge on any atom is -0.487 e. The number of ether oxygens (including phenoxy) is 4. The van der Waals surface area contributed by atoms with Gasteiger partial charge in [0, 0.05) is 24.7 Å². The van der Waals surface area contributed by atoms with E-state index in [2.05, 4.69) is 10.3 Å². The molecule has 1 aliphatic rings. The van der Waals surface area contributed by atoms with Gasteiger partial charge in [0.2, 0.25) is 0 Å². The second-order valence-corrected chi connectivity index (χ2v) is 12.1. The maximum absolute atomic E-state index is 10.3. The fourth-order valence-corrected chi connectivity index (χ4v) is 5.62. The number of nitrogens with one attached hydrogen (secondary N) is 1. The molecule has 0 radical (unpaired) electrons. The second-order valence-electron chi connectivity index (χ2n) is 11.3. The third kappa shape index (κ3) is 8.87. The number of pyridine rings is 1. The first-order valence-corrected chi connectivity index (χ1v) is 16.1. The highest BCUT2D eigenvalue weighted by atomic mass is 35.5. The molecule has 1 aromatic heterocycles. The SMILES string of the molecule is Cc1c(COc2cc(OCc3cccc(Cl)n3)c(CNCC(O)C(O)C(O)C(O)CO)cc2Cl)cccc1-c1ccc2c(c1)OCCO2. The monoisotopic (exact) mass is 700 g/mol.